The number of benzene rings is 2. The maximum Gasteiger partial charge on any atom is 0.273 e. The van der Waals surface area contributed by atoms with Crippen molar-refractivity contribution in [2.75, 3.05) is 13.2 Å². The monoisotopic (exact) mass is 447 g/mol. The predicted molar refractivity (Wildman–Crippen MR) is 130 cm³/mol. The Morgan fingerprint density at radius 2 is 1.85 bits per heavy atom. The first-order valence-corrected chi connectivity index (χ1v) is 11.9. The van der Waals surface area contributed by atoms with Crippen molar-refractivity contribution < 1.29 is 14.6 Å². The maximum absolute atomic E-state index is 13.4. The fourth-order valence-electron chi connectivity index (χ4n) is 4.72. The molecular weight excluding hydrogens is 414 g/mol. The van der Waals surface area contributed by atoms with Gasteiger partial charge >= 0.3 is 0 Å². The zero-order chi connectivity index (χ0) is 23.5. The van der Waals surface area contributed by atoms with Gasteiger partial charge in [-0.3, -0.25) is 9.89 Å². The molecular formula is C27H33N3O3. The van der Waals surface area contributed by atoms with Crippen molar-refractivity contribution in [1.82, 2.24) is 15.1 Å². The molecule has 6 nitrogen and oxygen atoms in total. The average molecular weight is 448 g/mol. The molecule has 3 aromatic rings. The lowest BCUT2D eigenvalue weighted by Gasteiger charge is -2.27. The zero-order valence-corrected chi connectivity index (χ0v) is 19.9. The SMILES string of the molecule is CCCCCN1C(=O)c2[nH]nc(-c3c(C)cc(C)cc3O)c2C1c1ccc(OCCC)cc1. The molecule has 0 saturated heterocycles. The number of phenols is 1. The van der Waals surface area contributed by atoms with Crippen LogP contribution in [-0.2, 0) is 0 Å². The van der Waals surface area contributed by atoms with Crippen molar-refractivity contribution in [3.63, 3.8) is 0 Å². The lowest BCUT2D eigenvalue weighted by molar-refractivity contribution is 0.0740. The average Bonchev–Trinajstić information content (AvgIpc) is 3.32. The largest absolute Gasteiger partial charge is 0.507 e. The third-order valence-corrected chi connectivity index (χ3v) is 6.23. The van der Waals surface area contributed by atoms with Crippen molar-refractivity contribution in [3.05, 3.63) is 64.3 Å². The summed E-state index contributed by atoms with van der Waals surface area (Å²) in [7, 11) is 0. The number of hydrogen-bond donors (Lipinski definition) is 2. The van der Waals surface area contributed by atoms with Gasteiger partial charge in [0.05, 0.1) is 12.6 Å². The van der Waals surface area contributed by atoms with Gasteiger partial charge in [-0.2, -0.15) is 5.10 Å². The van der Waals surface area contributed by atoms with Gasteiger partial charge in [0, 0.05) is 17.7 Å². The van der Waals surface area contributed by atoms with Crippen molar-refractivity contribution >= 4 is 5.91 Å². The van der Waals surface area contributed by atoms with Crippen LogP contribution in [0.15, 0.2) is 36.4 Å². The normalized spacial score (nSPS) is 15.2. The summed E-state index contributed by atoms with van der Waals surface area (Å²) >= 11 is 0. The van der Waals surface area contributed by atoms with E-state index in [0.717, 1.165) is 53.7 Å². The molecule has 0 saturated carbocycles. The number of carbonyl (C=O) groups is 1. The third-order valence-electron chi connectivity index (χ3n) is 6.23. The number of aryl methyl sites for hydroxylation is 2. The van der Waals surface area contributed by atoms with Gasteiger partial charge in [-0.05, 0) is 61.6 Å². The number of ether oxygens (including phenoxy) is 1. The molecule has 33 heavy (non-hydrogen) atoms. The van der Waals surface area contributed by atoms with E-state index < -0.39 is 0 Å². The summed E-state index contributed by atoms with van der Waals surface area (Å²) in [5.41, 5.74) is 5.59. The Morgan fingerprint density at radius 1 is 1.09 bits per heavy atom. The highest BCUT2D eigenvalue weighted by molar-refractivity contribution is 6.00. The van der Waals surface area contributed by atoms with Crippen LogP contribution >= 0.6 is 0 Å². The first kappa shape index (κ1) is 22.9. The fourth-order valence-corrected chi connectivity index (χ4v) is 4.72. The number of amides is 1. The number of nitrogens with zero attached hydrogens (tertiary/aromatic N) is 2. The van der Waals surface area contributed by atoms with Gasteiger partial charge in [0.2, 0.25) is 0 Å². The molecule has 0 aliphatic carbocycles. The Labute approximate surface area is 195 Å². The number of carbonyl (C=O) groups excluding carboxylic acids is 1. The molecule has 6 heteroatoms. The van der Waals surface area contributed by atoms with Crippen LogP contribution in [0, 0.1) is 13.8 Å². The first-order valence-electron chi connectivity index (χ1n) is 11.9. The second kappa shape index (κ2) is 9.69. The highest BCUT2D eigenvalue weighted by atomic mass is 16.5. The van der Waals surface area contributed by atoms with Gasteiger partial charge in [-0.15, -0.1) is 0 Å². The van der Waals surface area contributed by atoms with Gasteiger partial charge in [0.1, 0.15) is 22.9 Å². The van der Waals surface area contributed by atoms with E-state index in [-0.39, 0.29) is 17.7 Å². The van der Waals surface area contributed by atoms with Crippen molar-refractivity contribution in [2.24, 2.45) is 0 Å². The number of phenolic OH excluding ortho intramolecular Hbond substituents is 1. The number of aromatic amines is 1. The van der Waals surface area contributed by atoms with Crippen LogP contribution in [0.3, 0.4) is 0 Å². The third kappa shape index (κ3) is 4.34. The first-order chi connectivity index (χ1) is 16.0. The molecule has 4 rings (SSSR count). The van der Waals surface area contributed by atoms with Crippen LogP contribution in [0.5, 0.6) is 11.5 Å². The molecule has 2 heterocycles. The van der Waals surface area contributed by atoms with Crippen molar-refractivity contribution in [1.29, 1.82) is 0 Å². The summed E-state index contributed by atoms with van der Waals surface area (Å²) in [6, 6.07) is 11.5. The Bertz CT molecular complexity index is 1110. The van der Waals surface area contributed by atoms with Crippen molar-refractivity contribution in [3.8, 4) is 22.8 Å². The minimum absolute atomic E-state index is 0.0413. The van der Waals surface area contributed by atoms with E-state index in [4.69, 9.17) is 4.74 Å². The number of aromatic nitrogens is 2. The number of H-pyrrole nitrogens is 1. The Balaban J connectivity index is 1.80. The van der Waals surface area contributed by atoms with Crippen LogP contribution in [-0.4, -0.2) is 39.3 Å². The molecule has 1 amide bonds. The summed E-state index contributed by atoms with van der Waals surface area (Å²) in [6.45, 7) is 9.50. The molecule has 1 unspecified atom stereocenters. The fraction of sp³-hybridized carbons (Fsp3) is 0.407. The number of rotatable bonds is 9. The van der Waals surface area contributed by atoms with Gasteiger partial charge in [0.15, 0.2) is 0 Å². The highest BCUT2D eigenvalue weighted by Crippen LogP contribution is 2.45. The Kier molecular flexibility index (Phi) is 6.72. The molecule has 2 N–H and O–H groups in total. The summed E-state index contributed by atoms with van der Waals surface area (Å²) in [5.74, 6) is 0.961. The van der Waals surface area contributed by atoms with Gasteiger partial charge < -0.3 is 14.7 Å². The number of aromatic hydroxyl groups is 1. The van der Waals surface area contributed by atoms with Crippen LogP contribution in [0.4, 0.5) is 0 Å². The van der Waals surface area contributed by atoms with Crippen LogP contribution < -0.4 is 4.74 Å². The second-order valence-corrected chi connectivity index (χ2v) is 8.86. The van der Waals surface area contributed by atoms with Gasteiger partial charge in [-0.1, -0.05) is 44.9 Å². The van der Waals surface area contributed by atoms with E-state index in [9.17, 15) is 9.90 Å². The van der Waals surface area contributed by atoms with Crippen LogP contribution in [0.2, 0.25) is 0 Å². The molecule has 0 radical (unpaired) electrons. The quantitative estimate of drug-likeness (QED) is 0.399. The smallest absolute Gasteiger partial charge is 0.273 e. The van der Waals surface area contributed by atoms with Crippen LogP contribution in [0.25, 0.3) is 11.3 Å². The van der Waals surface area contributed by atoms with E-state index in [1.54, 1.807) is 6.07 Å². The van der Waals surface area contributed by atoms with E-state index in [1.807, 2.05) is 49.1 Å². The standard InChI is InChI=1S/C27H33N3O3/c1-5-7-8-13-30-26(19-9-11-20(12-10-19)33-14-6-2)23-24(28-29-25(23)27(30)32)22-18(4)15-17(3)16-21(22)31/h9-12,15-16,26,31H,5-8,13-14H2,1-4H3,(H,28,29). The summed E-state index contributed by atoms with van der Waals surface area (Å²) in [4.78, 5) is 15.4. The van der Waals surface area contributed by atoms with E-state index in [0.29, 0.717) is 30.1 Å². The lowest BCUT2D eigenvalue weighted by Crippen LogP contribution is -2.30. The molecule has 0 bridgehead atoms. The Morgan fingerprint density at radius 3 is 2.52 bits per heavy atom. The lowest BCUT2D eigenvalue weighted by atomic mass is 9.93. The summed E-state index contributed by atoms with van der Waals surface area (Å²) in [6.07, 6.45) is 4.05. The molecule has 2 aromatic carbocycles. The van der Waals surface area contributed by atoms with Gasteiger partial charge in [-0.25, -0.2) is 0 Å². The number of hydrogen-bond acceptors (Lipinski definition) is 4. The molecule has 1 aliphatic rings. The highest BCUT2D eigenvalue weighted by Gasteiger charge is 2.42. The second-order valence-electron chi connectivity index (χ2n) is 8.86. The molecule has 1 aliphatic heterocycles. The minimum Gasteiger partial charge on any atom is -0.507 e. The number of unbranched alkanes of at least 4 members (excludes halogenated alkanes) is 2. The number of nitrogens with one attached hydrogen (secondary N) is 1. The molecule has 0 spiro atoms. The van der Waals surface area contributed by atoms with Crippen molar-refractivity contribution in [2.45, 2.75) is 59.4 Å². The zero-order valence-electron chi connectivity index (χ0n) is 19.9. The topological polar surface area (TPSA) is 78.5 Å². The minimum atomic E-state index is -0.265. The van der Waals surface area contributed by atoms with Gasteiger partial charge in [0.25, 0.3) is 5.91 Å². The van der Waals surface area contributed by atoms with Crippen LogP contribution in [0.1, 0.15) is 78.3 Å². The maximum atomic E-state index is 13.4. The molecule has 1 atom stereocenters. The van der Waals surface area contributed by atoms with E-state index >= 15 is 0 Å². The molecule has 1 aromatic heterocycles. The molecule has 0 fully saturated rings. The summed E-state index contributed by atoms with van der Waals surface area (Å²) in [5, 5.41) is 18.3. The molecule has 174 valence electrons. The predicted octanol–water partition coefficient (Wildman–Crippen LogP) is 5.92. The summed E-state index contributed by atoms with van der Waals surface area (Å²) < 4.78 is 5.76. The number of fused-ring (bicyclic) bond motifs is 1. The van der Waals surface area contributed by atoms with E-state index in [2.05, 4.69) is 24.0 Å². The Hall–Kier alpha value is -3.28. The van der Waals surface area contributed by atoms with E-state index in [1.165, 1.54) is 0 Å².